The van der Waals surface area contributed by atoms with Crippen molar-refractivity contribution in [2.24, 2.45) is 5.92 Å². The van der Waals surface area contributed by atoms with Crippen LogP contribution in [-0.4, -0.2) is 61.1 Å². The van der Waals surface area contributed by atoms with E-state index < -0.39 is 10.2 Å². The molecule has 2 rings (SSSR count). The Hall–Kier alpha value is -1.03. The first-order valence-corrected chi connectivity index (χ1v) is 8.29. The predicted octanol–water partition coefficient (Wildman–Crippen LogP) is -0.887. The maximum Gasteiger partial charge on any atom is 0.279 e. The van der Waals surface area contributed by atoms with Crippen molar-refractivity contribution in [1.82, 2.24) is 29.5 Å². The normalized spacial score (nSPS) is 21.1. The Morgan fingerprint density at radius 1 is 1.55 bits per heavy atom. The minimum absolute atomic E-state index is 0.324. The van der Waals surface area contributed by atoms with Crippen molar-refractivity contribution in [3.8, 4) is 0 Å². The smallest absolute Gasteiger partial charge is 0.279 e. The summed E-state index contributed by atoms with van der Waals surface area (Å²) in [6.07, 6.45) is 3.91. The second-order valence-electron chi connectivity index (χ2n) is 5.01. The minimum atomic E-state index is -3.39. The highest BCUT2D eigenvalue weighted by Gasteiger charge is 2.28. The van der Waals surface area contributed by atoms with Crippen LogP contribution in [0.4, 0.5) is 0 Å². The zero-order chi connectivity index (χ0) is 14.4. The van der Waals surface area contributed by atoms with Gasteiger partial charge in [-0.25, -0.2) is 9.71 Å². The van der Waals surface area contributed by atoms with Crippen molar-refractivity contribution >= 4 is 10.2 Å². The highest BCUT2D eigenvalue weighted by Crippen LogP contribution is 2.17. The van der Waals surface area contributed by atoms with Gasteiger partial charge in [0.25, 0.3) is 10.2 Å². The van der Waals surface area contributed by atoms with E-state index in [1.165, 1.54) is 6.33 Å². The van der Waals surface area contributed by atoms with Crippen LogP contribution in [-0.2, 0) is 16.6 Å². The van der Waals surface area contributed by atoms with Gasteiger partial charge in [0.1, 0.15) is 12.2 Å². The molecular weight excluding hydrogens is 280 g/mol. The molecule has 0 spiro atoms. The molecule has 1 aromatic heterocycles. The van der Waals surface area contributed by atoms with Gasteiger partial charge in [-0.15, -0.1) is 0 Å². The third-order valence-electron chi connectivity index (χ3n) is 3.43. The number of H-pyrrole nitrogens is 1. The summed E-state index contributed by atoms with van der Waals surface area (Å²) in [6, 6.07) is 0. The summed E-state index contributed by atoms with van der Waals surface area (Å²) >= 11 is 0. The molecule has 0 radical (unpaired) electrons. The van der Waals surface area contributed by atoms with Gasteiger partial charge in [0.05, 0.1) is 0 Å². The van der Waals surface area contributed by atoms with E-state index in [0.717, 1.165) is 19.4 Å². The lowest BCUT2D eigenvalue weighted by Gasteiger charge is -2.31. The summed E-state index contributed by atoms with van der Waals surface area (Å²) < 4.78 is 28.6. The Labute approximate surface area is 119 Å². The van der Waals surface area contributed by atoms with E-state index in [9.17, 15) is 8.42 Å². The largest absolute Gasteiger partial charge is 0.319 e. The summed E-state index contributed by atoms with van der Waals surface area (Å²) in [6.45, 7) is 2.35. The molecule has 1 aliphatic heterocycles. The first kappa shape index (κ1) is 15.4. The van der Waals surface area contributed by atoms with Gasteiger partial charge in [-0.05, 0) is 32.4 Å². The van der Waals surface area contributed by atoms with Crippen LogP contribution >= 0.6 is 0 Å². The average molecular weight is 302 g/mol. The zero-order valence-electron chi connectivity index (χ0n) is 11.7. The number of nitrogens with one attached hydrogen (secondary N) is 3. The molecule has 1 saturated heterocycles. The molecular formula is C11H22N6O2S. The fourth-order valence-corrected chi connectivity index (χ4v) is 3.76. The van der Waals surface area contributed by atoms with Gasteiger partial charge in [0.15, 0.2) is 0 Å². The van der Waals surface area contributed by atoms with E-state index in [2.05, 4.69) is 25.2 Å². The lowest BCUT2D eigenvalue weighted by molar-refractivity contribution is 0.261. The number of hydrogen-bond donors (Lipinski definition) is 3. The number of aromatic amines is 1. The first-order chi connectivity index (χ1) is 9.62. The molecule has 0 saturated carbocycles. The van der Waals surface area contributed by atoms with Crippen LogP contribution in [0.25, 0.3) is 0 Å². The number of rotatable bonds is 7. The van der Waals surface area contributed by atoms with Gasteiger partial charge < -0.3 is 5.32 Å². The van der Waals surface area contributed by atoms with Crippen LogP contribution in [0.1, 0.15) is 18.7 Å². The Morgan fingerprint density at radius 3 is 3.10 bits per heavy atom. The molecule has 9 heteroatoms. The summed E-state index contributed by atoms with van der Waals surface area (Å²) in [5.74, 6) is 1.07. The van der Waals surface area contributed by atoms with E-state index in [0.29, 0.717) is 37.8 Å². The molecule has 0 amide bonds. The van der Waals surface area contributed by atoms with Crippen LogP contribution in [0.2, 0.25) is 0 Å². The van der Waals surface area contributed by atoms with E-state index in [1.807, 2.05) is 7.05 Å². The predicted molar refractivity (Wildman–Crippen MR) is 75.2 cm³/mol. The molecule has 1 aromatic rings. The topological polar surface area (TPSA) is 103 Å². The minimum Gasteiger partial charge on any atom is -0.319 e. The maximum absolute atomic E-state index is 12.2. The van der Waals surface area contributed by atoms with Crippen molar-refractivity contribution in [2.45, 2.75) is 19.3 Å². The summed E-state index contributed by atoms with van der Waals surface area (Å²) in [7, 11) is -1.50. The standard InChI is InChI=1S/C11H22N6O2S/c1-12-7-10-3-2-6-17(8-10)20(18,19)15-5-4-11-13-9-14-16-11/h9-10,12,15H,2-8H2,1H3,(H,13,14,16). The highest BCUT2D eigenvalue weighted by molar-refractivity contribution is 7.87. The summed E-state index contributed by atoms with van der Waals surface area (Å²) in [4.78, 5) is 3.96. The van der Waals surface area contributed by atoms with Crippen LogP contribution in [0.5, 0.6) is 0 Å². The van der Waals surface area contributed by atoms with Gasteiger partial charge in [-0.2, -0.15) is 17.8 Å². The molecule has 0 aromatic carbocycles. The number of nitrogens with zero attached hydrogens (tertiary/aromatic N) is 3. The second kappa shape index (κ2) is 7.11. The van der Waals surface area contributed by atoms with E-state index in [-0.39, 0.29) is 0 Å². The molecule has 1 fully saturated rings. The molecule has 2 heterocycles. The maximum atomic E-state index is 12.2. The monoisotopic (exact) mass is 302 g/mol. The molecule has 0 bridgehead atoms. The molecule has 1 atom stereocenters. The Kier molecular flexibility index (Phi) is 5.46. The number of piperidine rings is 1. The molecule has 8 nitrogen and oxygen atoms in total. The fourth-order valence-electron chi connectivity index (χ4n) is 2.44. The highest BCUT2D eigenvalue weighted by atomic mass is 32.2. The Morgan fingerprint density at radius 2 is 2.40 bits per heavy atom. The average Bonchev–Trinajstić information content (AvgIpc) is 2.92. The van der Waals surface area contributed by atoms with Crippen molar-refractivity contribution in [1.29, 1.82) is 0 Å². The zero-order valence-corrected chi connectivity index (χ0v) is 12.5. The van der Waals surface area contributed by atoms with Crippen molar-refractivity contribution < 1.29 is 8.42 Å². The lowest BCUT2D eigenvalue weighted by atomic mass is 10.00. The summed E-state index contributed by atoms with van der Waals surface area (Å²) in [5, 5.41) is 9.55. The van der Waals surface area contributed by atoms with Gasteiger partial charge in [0.2, 0.25) is 0 Å². The number of hydrogen-bond acceptors (Lipinski definition) is 5. The molecule has 20 heavy (non-hydrogen) atoms. The van der Waals surface area contributed by atoms with Crippen molar-refractivity contribution in [3.63, 3.8) is 0 Å². The first-order valence-electron chi connectivity index (χ1n) is 6.85. The summed E-state index contributed by atoms with van der Waals surface area (Å²) in [5.41, 5.74) is 0. The molecule has 1 aliphatic rings. The van der Waals surface area contributed by atoms with Gasteiger partial charge in [-0.3, -0.25) is 5.10 Å². The Balaban J connectivity index is 1.82. The third kappa shape index (κ3) is 4.23. The second-order valence-corrected chi connectivity index (χ2v) is 6.76. The third-order valence-corrected chi connectivity index (χ3v) is 5.01. The van der Waals surface area contributed by atoms with Gasteiger partial charge >= 0.3 is 0 Å². The van der Waals surface area contributed by atoms with Gasteiger partial charge in [0, 0.05) is 26.1 Å². The molecule has 114 valence electrons. The number of aromatic nitrogens is 3. The lowest BCUT2D eigenvalue weighted by Crippen LogP contribution is -2.47. The quantitative estimate of drug-likeness (QED) is 0.606. The van der Waals surface area contributed by atoms with E-state index in [1.54, 1.807) is 4.31 Å². The van der Waals surface area contributed by atoms with Crippen LogP contribution < -0.4 is 10.0 Å². The molecule has 0 aliphatic carbocycles. The molecule has 3 N–H and O–H groups in total. The Bertz CT molecular complexity index is 487. The fraction of sp³-hybridized carbons (Fsp3) is 0.818. The van der Waals surface area contributed by atoms with Crippen molar-refractivity contribution in [2.75, 3.05) is 33.2 Å². The molecule has 1 unspecified atom stereocenters. The van der Waals surface area contributed by atoms with Crippen LogP contribution in [0.15, 0.2) is 6.33 Å². The van der Waals surface area contributed by atoms with E-state index in [4.69, 9.17) is 0 Å². The van der Waals surface area contributed by atoms with Gasteiger partial charge in [-0.1, -0.05) is 0 Å². The SMILES string of the molecule is CNCC1CCCN(S(=O)(=O)NCCc2ncn[nH]2)C1. The van der Waals surface area contributed by atoms with Crippen molar-refractivity contribution in [3.05, 3.63) is 12.2 Å². The van der Waals surface area contributed by atoms with Crippen LogP contribution in [0.3, 0.4) is 0 Å². The van der Waals surface area contributed by atoms with Crippen LogP contribution in [0, 0.1) is 5.92 Å². The van der Waals surface area contributed by atoms with E-state index >= 15 is 0 Å².